The maximum atomic E-state index is 13.2. The number of primary sulfonamides is 1. The number of nitrogens with zero attached hydrogens (tertiary/aromatic N) is 2. The quantitative estimate of drug-likeness (QED) is 0.690. The minimum Gasteiger partial charge on any atom is -0.463 e. The average molecular weight is 397 g/mol. The monoisotopic (exact) mass is 397 g/mol. The van der Waals surface area contributed by atoms with E-state index in [-0.39, 0.29) is 10.6 Å². The first-order chi connectivity index (χ1) is 12.8. The Morgan fingerprint density at radius 1 is 1.11 bits per heavy atom. The fourth-order valence-corrected chi connectivity index (χ4v) is 3.01. The fraction of sp³-hybridized carbons (Fsp3) is 0.118. The predicted molar refractivity (Wildman–Crippen MR) is 91.9 cm³/mol. The molecule has 6 nitrogen and oxygen atoms in total. The number of ether oxygens (including phenoxy) is 1. The van der Waals surface area contributed by atoms with E-state index < -0.39 is 29.0 Å². The van der Waals surface area contributed by atoms with E-state index in [0.717, 1.165) is 0 Å². The molecule has 27 heavy (non-hydrogen) atoms. The molecule has 1 aromatic heterocycles. The van der Waals surface area contributed by atoms with Crippen molar-refractivity contribution in [3.63, 3.8) is 0 Å². The van der Waals surface area contributed by atoms with Crippen LogP contribution in [-0.4, -0.2) is 25.1 Å². The van der Waals surface area contributed by atoms with Crippen molar-refractivity contribution >= 4 is 10.0 Å². The van der Waals surface area contributed by atoms with Crippen molar-refractivity contribution in [2.45, 2.75) is 11.3 Å². The van der Waals surface area contributed by atoms with Gasteiger partial charge in [-0.2, -0.15) is 5.10 Å². The lowest BCUT2D eigenvalue weighted by Gasteiger charge is -2.09. The Morgan fingerprint density at radius 3 is 2.41 bits per heavy atom. The van der Waals surface area contributed by atoms with Gasteiger partial charge in [0.15, 0.2) is 0 Å². The van der Waals surface area contributed by atoms with Gasteiger partial charge in [0.2, 0.25) is 16.9 Å². The molecule has 0 amide bonds. The van der Waals surface area contributed by atoms with E-state index in [9.17, 15) is 21.6 Å². The molecule has 0 spiro atoms. The molecule has 1 heterocycles. The summed E-state index contributed by atoms with van der Waals surface area (Å²) >= 11 is 0. The van der Waals surface area contributed by atoms with Crippen molar-refractivity contribution in [3.8, 4) is 22.7 Å². The number of nitrogens with two attached hydrogens (primary N) is 1. The summed E-state index contributed by atoms with van der Waals surface area (Å²) < 4.78 is 67.5. The minimum atomic E-state index is -3.89. The summed E-state index contributed by atoms with van der Waals surface area (Å²) in [7, 11) is -3.89. The highest BCUT2D eigenvalue weighted by atomic mass is 32.2. The van der Waals surface area contributed by atoms with Gasteiger partial charge in [0.05, 0.1) is 16.3 Å². The summed E-state index contributed by atoms with van der Waals surface area (Å²) in [4.78, 5) is -0.118. The number of sulfonamides is 1. The molecule has 2 aromatic carbocycles. The first-order valence-corrected chi connectivity index (χ1v) is 9.15. The largest absolute Gasteiger partial charge is 0.463 e. The van der Waals surface area contributed by atoms with Crippen LogP contribution in [0.5, 0.6) is 5.75 Å². The minimum absolute atomic E-state index is 0.118. The van der Waals surface area contributed by atoms with Gasteiger partial charge in [0, 0.05) is 5.56 Å². The van der Waals surface area contributed by atoms with Gasteiger partial charge in [-0.3, -0.25) is 0 Å². The molecule has 0 saturated carbocycles. The fourth-order valence-electron chi connectivity index (χ4n) is 2.49. The number of alkyl halides is 3. The number of benzene rings is 2. The van der Waals surface area contributed by atoms with Gasteiger partial charge in [-0.25, -0.2) is 31.4 Å². The number of hydrogen-bond donors (Lipinski definition) is 1. The van der Waals surface area contributed by atoms with Gasteiger partial charge < -0.3 is 4.74 Å². The van der Waals surface area contributed by atoms with Crippen LogP contribution in [0.1, 0.15) is 12.1 Å². The molecule has 2 N–H and O–H groups in total. The lowest BCUT2D eigenvalue weighted by atomic mass is 10.1. The number of rotatable bonds is 6. The molecule has 10 heteroatoms. The smallest absolute Gasteiger partial charge is 0.282 e. The lowest BCUT2D eigenvalue weighted by molar-refractivity contribution is 0.145. The highest BCUT2D eigenvalue weighted by molar-refractivity contribution is 7.89. The third-order valence-electron chi connectivity index (χ3n) is 3.71. The van der Waals surface area contributed by atoms with Gasteiger partial charge in [-0.15, -0.1) is 0 Å². The van der Waals surface area contributed by atoms with E-state index in [0.29, 0.717) is 16.9 Å². The Hall–Kier alpha value is -2.85. The second kappa shape index (κ2) is 7.41. The predicted octanol–water partition coefficient (Wildman–Crippen LogP) is 3.43. The summed E-state index contributed by atoms with van der Waals surface area (Å²) in [6.07, 6.45) is -2.81. The molecule has 0 unspecified atom stereocenters. The van der Waals surface area contributed by atoms with Crippen molar-refractivity contribution in [2.24, 2.45) is 5.14 Å². The zero-order valence-electron chi connectivity index (χ0n) is 13.7. The standard InChI is InChI=1S/C17H14F3N3O3S/c18-10-26-13-3-1-2-11(8-13)16-9-15(17(19)20)22-23(16)12-4-6-14(7-5-12)27(21,24)25/h1-9,17H,10H2,(H2,21,24,25). The van der Waals surface area contributed by atoms with Crippen LogP contribution in [-0.2, 0) is 10.0 Å². The Labute approximate surface area is 153 Å². The van der Waals surface area contributed by atoms with E-state index in [1.807, 2.05) is 0 Å². The highest BCUT2D eigenvalue weighted by Crippen LogP contribution is 2.30. The summed E-state index contributed by atoms with van der Waals surface area (Å²) in [5, 5.41) is 8.96. The molecule has 0 saturated heterocycles. The SMILES string of the molecule is NS(=O)(=O)c1ccc(-n2nc(C(F)F)cc2-c2cccc(OCF)c2)cc1. The van der Waals surface area contributed by atoms with Gasteiger partial charge >= 0.3 is 0 Å². The maximum Gasteiger partial charge on any atom is 0.282 e. The third-order valence-corrected chi connectivity index (χ3v) is 4.64. The van der Waals surface area contributed by atoms with E-state index in [1.165, 1.54) is 47.1 Å². The highest BCUT2D eigenvalue weighted by Gasteiger charge is 2.18. The molecule has 142 valence electrons. The maximum absolute atomic E-state index is 13.2. The molecule has 3 aromatic rings. The molecular formula is C17H14F3N3O3S. The van der Waals surface area contributed by atoms with Crippen LogP contribution in [0.4, 0.5) is 13.2 Å². The zero-order chi connectivity index (χ0) is 19.6. The van der Waals surface area contributed by atoms with Crippen LogP contribution in [0.25, 0.3) is 16.9 Å². The topological polar surface area (TPSA) is 87.2 Å². The van der Waals surface area contributed by atoms with Crippen LogP contribution in [0, 0.1) is 0 Å². The van der Waals surface area contributed by atoms with Crippen molar-refractivity contribution in [3.05, 3.63) is 60.3 Å². The Morgan fingerprint density at radius 2 is 1.81 bits per heavy atom. The van der Waals surface area contributed by atoms with Gasteiger partial charge in [0.25, 0.3) is 6.43 Å². The molecular weight excluding hydrogens is 383 g/mol. The van der Waals surface area contributed by atoms with Crippen LogP contribution >= 0.6 is 0 Å². The normalized spacial score (nSPS) is 11.7. The second-order valence-corrected chi connectivity index (χ2v) is 7.05. The zero-order valence-corrected chi connectivity index (χ0v) is 14.5. The number of halogens is 3. The molecule has 0 atom stereocenters. The first-order valence-electron chi connectivity index (χ1n) is 7.60. The molecule has 0 fully saturated rings. The van der Waals surface area contributed by atoms with Gasteiger partial charge in [-0.05, 0) is 42.5 Å². The third kappa shape index (κ3) is 4.12. The first kappa shape index (κ1) is 18.9. The van der Waals surface area contributed by atoms with E-state index in [4.69, 9.17) is 9.88 Å². The lowest BCUT2D eigenvalue weighted by Crippen LogP contribution is -2.12. The van der Waals surface area contributed by atoms with E-state index in [1.54, 1.807) is 12.1 Å². The summed E-state index contributed by atoms with van der Waals surface area (Å²) in [5.74, 6) is 0.228. The summed E-state index contributed by atoms with van der Waals surface area (Å²) in [6.45, 7) is -1.03. The Balaban J connectivity index is 2.11. The summed E-state index contributed by atoms with van der Waals surface area (Å²) in [5.41, 5.74) is 0.660. The van der Waals surface area contributed by atoms with Crippen LogP contribution in [0.15, 0.2) is 59.5 Å². The van der Waals surface area contributed by atoms with Crippen molar-refractivity contribution in [1.29, 1.82) is 0 Å². The molecule has 0 aliphatic carbocycles. The van der Waals surface area contributed by atoms with Crippen LogP contribution < -0.4 is 9.88 Å². The molecule has 0 bridgehead atoms. The van der Waals surface area contributed by atoms with E-state index in [2.05, 4.69) is 5.10 Å². The van der Waals surface area contributed by atoms with Crippen LogP contribution in [0.3, 0.4) is 0 Å². The van der Waals surface area contributed by atoms with Crippen LogP contribution in [0.2, 0.25) is 0 Å². The van der Waals surface area contributed by atoms with Gasteiger partial charge in [0.1, 0.15) is 11.4 Å². The Bertz CT molecular complexity index is 1050. The second-order valence-electron chi connectivity index (χ2n) is 5.49. The van der Waals surface area contributed by atoms with Crippen molar-refractivity contribution < 1.29 is 26.3 Å². The number of hydrogen-bond acceptors (Lipinski definition) is 4. The summed E-state index contributed by atoms with van der Waals surface area (Å²) in [6, 6.07) is 12.7. The van der Waals surface area contributed by atoms with E-state index >= 15 is 0 Å². The van der Waals surface area contributed by atoms with Gasteiger partial charge in [-0.1, -0.05) is 12.1 Å². The van der Waals surface area contributed by atoms with Crippen molar-refractivity contribution in [2.75, 3.05) is 6.86 Å². The van der Waals surface area contributed by atoms with Crippen molar-refractivity contribution in [1.82, 2.24) is 9.78 Å². The number of aromatic nitrogens is 2. The molecule has 0 radical (unpaired) electrons. The average Bonchev–Trinajstić information content (AvgIpc) is 3.07. The molecule has 0 aliphatic rings. The molecule has 0 aliphatic heterocycles. The Kier molecular flexibility index (Phi) is 5.19. The molecule has 3 rings (SSSR count).